The lowest BCUT2D eigenvalue weighted by molar-refractivity contribution is -0.00967. The van der Waals surface area contributed by atoms with E-state index in [0.29, 0.717) is 18.1 Å². The summed E-state index contributed by atoms with van der Waals surface area (Å²) < 4.78 is 5.46. The Morgan fingerprint density at radius 1 is 1.33 bits per heavy atom. The molecule has 2 aliphatic rings. The molecule has 3 heteroatoms. The van der Waals surface area contributed by atoms with Crippen LogP contribution in [0.25, 0.3) is 0 Å². The zero-order valence-electron chi connectivity index (χ0n) is 12.4. The zero-order chi connectivity index (χ0) is 13.3. The van der Waals surface area contributed by atoms with Gasteiger partial charge < -0.3 is 14.7 Å². The number of hydrogen-bond acceptors (Lipinski definition) is 3. The van der Waals surface area contributed by atoms with E-state index >= 15 is 0 Å². The Kier molecular flexibility index (Phi) is 4.35. The molecule has 0 amide bonds. The third kappa shape index (κ3) is 2.89. The van der Waals surface area contributed by atoms with Crippen molar-refractivity contribution in [1.82, 2.24) is 4.90 Å². The fourth-order valence-corrected chi connectivity index (χ4v) is 3.66. The molecular formula is C15H29NO2. The van der Waals surface area contributed by atoms with Crippen LogP contribution in [-0.2, 0) is 4.74 Å². The molecule has 0 bridgehead atoms. The molecule has 1 aliphatic carbocycles. The first-order valence-electron chi connectivity index (χ1n) is 7.39. The predicted octanol–water partition coefficient (Wildman–Crippen LogP) is 2.28. The van der Waals surface area contributed by atoms with E-state index in [2.05, 4.69) is 25.7 Å². The Morgan fingerprint density at radius 2 is 2.06 bits per heavy atom. The summed E-state index contributed by atoms with van der Waals surface area (Å²) in [6, 6.07) is 0.583. The maximum Gasteiger partial charge on any atom is 0.0631 e. The van der Waals surface area contributed by atoms with Crippen molar-refractivity contribution < 1.29 is 9.84 Å². The molecule has 2 rings (SSSR count). The molecule has 0 radical (unpaired) electrons. The molecule has 4 atom stereocenters. The van der Waals surface area contributed by atoms with Crippen molar-refractivity contribution in [2.24, 2.45) is 11.3 Å². The molecule has 1 saturated carbocycles. The van der Waals surface area contributed by atoms with E-state index < -0.39 is 0 Å². The SMILES string of the molecule is COC1CCN(CC2CCC(C)(C)C2O)C(C)C1. The smallest absolute Gasteiger partial charge is 0.0631 e. The predicted molar refractivity (Wildman–Crippen MR) is 73.6 cm³/mol. The van der Waals surface area contributed by atoms with Gasteiger partial charge in [0, 0.05) is 26.2 Å². The zero-order valence-corrected chi connectivity index (χ0v) is 12.4. The molecule has 1 aliphatic heterocycles. The number of rotatable bonds is 3. The van der Waals surface area contributed by atoms with Crippen molar-refractivity contribution in [3.05, 3.63) is 0 Å². The Labute approximate surface area is 112 Å². The molecule has 0 spiro atoms. The van der Waals surface area contributed by atoms with Gasteiger partial charge in [-0.25, -0.2) is 0 Å². The number of methoxy groups -OCH3 is 1. The second kappa shape index (κ2) is 5.48. The van der Waals surface area contributed by atoms with Crippen LogP contribution in [0.4, 0.5) is 0 Å². The van der Waals surface area contributed by atoms with Crippen molar-refractivity contribution >= 4 is 0 Å². The number of aliphatic hydroxyl groups excluding tert-OH is 1. The summed E-state index contributed by atoms with van der Waals surface area (Å²) >= 11 is 0. The average molecular weight is 255 g/mol. The van der Waals surface area contributed by atoms with Gasteiger partial charge in [0.05, 0.1) is 12.2 Å². The third-order valence-electron chi connectivity index (χ3n) is 5.17. The topological polar surface area (TPSA) is 32.7 Å². The normalized spacial score (nSPS) is 41.2. The lowest BCUT2D eigenvalue weighted by Crippen LogP contribution is -2.46. The van der Waals surface area contributed by atoms with E-state index in [4.69, 9.17) is 4.74 Å². The number of aliphatic hydroxyl groups is 1. The molecule has 1 N–H and O–H groups in total. The molecule has 1 heterocycles. The quantitative estimate of drug-likeness (QED) is 0.840. The monoisotopic (exact) mass is 255 g/mol. The van der Waals surface area contributed by atoms with Crippen LogP contribution in [0.1, 0.15) is 46.5 Å². The van der Waals surface area contributed by atoms with Gasteiger partial charge in [0.25, 0.3) is 0 Å². The van der Waals surface area contributed by atoms with Crippen molar-refractivity contribution in [2.45, 2.75) is 64.7 Å². The minimum atomic E-state index is -0.134. The average Bonchev–Trinajstić information content (AvgIpc) is 2.58. The lowest BCUT2D eigenvalue weighted by Gasteiger charge is -2.39. The highest BCUT2D eigenvalue weighted by molar-refractivity contribution is 4.93. The van der Waals surface area contributed by atoms with Gasteiger partial charge in [0.2, 0.25) is 0 Å². The molecule has 18 heavy (non-hydrogen) atoms. The third-order valence-corrected chi connectivity index (χ3v) is 5.17. The maximum atomic E-state index is 10.4. The second-order valence-corrected chi connectivity index (χ2v) is 6.96. The standard InChI is InChI=1S/C15H29NO2/c1-11-9-13(18-4)6-8-16(11)10-12-5-7-15(2,3)14(12)17/h11-14,17H,5-10H2,1-4H3. The molecule has 0 aromatic heterocycles. The number of piperidine rings is 1. The van der Waals surface area contributed by atoms with Gasteiger partial charge in [-0.05, 0) is 43.9 Å². The number of likely N-dealkylation sites (tertiary alicyclic amines) is 1. The first-order chi connectivity index (χ1) is 8.44. The molecule has 4 unspecified atom stereocenters. The van der Waals surface area contributed by atoms with Crippen molar-refractivity contribution in [1.29, 1.82) is 0 Å². The Balaban J connectivity index is 1.87. The van der Waals surface area contributed by atoms with Gasteiger partial charge in [-0.1, -0.05) is 13.8 Å². The summed E-state index contributed by atoms with van der Waals surface area (Å²) in [7, 11) is 1.82. The molecule has 1 saturated heterocycles. The molecule has 0 aromatic carbocycles. The maximum absolute atomic E-state index is 10.4. The number of nitrogens with zero attached hydrogens (tertiary/aromatic N) is 1. The van der Waals surface area contributed by atoms with E-state index in [1.54, 1.807) is 0 Å². The van der Waals surface area contributed by atoms with Crippen LogP contribution in [0, 0.1) is 11.3 Å². The van der Waals surface area contributed by atoms with Crippen LogP contribution in [0.5, 0.6) is 0 Å². The minimum absolute atomic E-state index is 0.110. The molecule has 2 fully saturated rings. The van der Waals surface area contributed by atoms with Crippen LogP contribution in [0.15, 0.2) is 0 Å². The highest BCUT2D eigenvalue weighted by atomic mass is 16.5. The largest absolute Gasteiger partial charge is 0.392 e. The number of hydrogen-bond donors (Lipinski definition) is 1. The van der Waals surface area contributed by atoms with Gasteiger partial charge in [0.15, 0.2) is 0 Å². The summed E-state index contributed by atoms with van der Waals surface area (Å²) in [5.74, 6) is 0.460. The second-order valence-electron chi connectivity index (χ2n) is 6.96. The van der Waals surface area contributed by atoms with E-state index in [-0.39, 0.29) is 11.5 Å². The first kappa shape index (κ1) is 14.3. The summed E-state index contributed by atoms with van der Waals surface area (Å²) in [6.45, 7) is 8.85. The van der Waals surface area contributed by atoms with Gasteiger partial charge in [-0.3, -0.25) is 0 Å². The van der Waals surface area contributed by atoms with E-state index in [0.717, 1.165) is 32.4 Å². The van der Waals surface area contributed by atoms with Crippen LogP contribution in [0.3, 0.4) is 0 Å². The van der Waals surface area contributed by atoms with Crippen molar-refractivity contribution in [2.75, 3.05) is 20.2 Å². The summed E-state index contributed by atoms with van der Waals surface area (Å²) in [5.41, 5.74) is 0.110. The van der Waals surface area contributed by atoms with Crippen LogP contribution >= 0.6 is 0 Å². The lowest BCUT2D eigenvalue weighted by atomic mass is 9.87. The van der Waals surface area contributed by atoms with Crippen LogP contribution < -0.4 is 0 Å². The van der Waals surface area contributed by atoms with Crippen molar-refractivity contribution in [3.8, 4) is 0 Å². The van der Waals surface area contributed by atoms with Crippen LogP contribution in [0.2, 0.25) is 0 Å². The highest BCUT2D eigenvalue weighted by Crippen LogP contribution is 2.42. The molecular weight excluding hydrogens is 226 g/mol. The highest BCUT2D eigenvalue weighted by Gasteiger charge is 2.42. The van der Waals surface area contributed by atoms with E-state index in [1.165, 1.54) is 6.42 Å². The van der Waals surface area contributed by atoms with E-state index in [1.807, 2.05) is 7.11 Å². The van der Waals surface area contributed by atoms with Crippen LogP contribution in [-0.4, -0.2) is 48.5 Å². The fraction of sp³-hybridized carbons (Fsp3) is 1.00. The summed E-state index contributed by atoms with van der Waals surface area (Å²) in [6.07, 6.45) is 4.88. The minimum Gasteiger partial charge on any atom is -0.392 e. The molecule has 0 aromatic rings. The van der Waals surface area contributed by atoms with Gasteiger partial charge in [-0.15, -0.1) is 0 Å². The van der Waals surface area contributed by atoms with Gasteiger partial charge in [-0.2, -0.15) is 0 Å². The number of ether oxygens (including phenoxy) is 1. The summed E-state index contributed by atoms with van der Waals surface area (Å²) in [4.78, 5) is 2.55. The molecule has 3 nitrogen and oxygen atoms in total. The summed E-state index contributed by atoms with van der Waals surface area (Å²) in [5, 5.41) is 10.4. The van der Waals surface area contributed by atoms with E-state index in [9.17, 15) is 5.11 Å². The Hall–Kier alpha value is -0.120. The molecule has 106 valence electrons. The first-order valence-corrected chi connectivity index (χ1v) is 7.39. The van der Waals surface area contributed by atoms with Gasteiger partial charge in [0.1, 0.15) is 0 Å². The Bertz CT molecular complexity index is 280. The van der Waals surface area contributed by atoms with Gasteiger partial charge >= 0.3 is 0 Å². The fourth-order valence-electron chi connectivity index (χ4n) is 3.66. The van der Waals surface area contributed by atoms with Crippen molar-refractivity contribution in [3.63, 3.8) is 0 Å². The Morgan fingerprint density at radius 3 is 2.56 bits per heavy atom.